The van der Waals surface area contributed by atoms with Crippen molar-refractivity contribution >= 4 is 10.8 Å². The Labute approximate surface area is 139 Å². The lowest BCUT2D eigenvalue weighted by Crippen LogP contribution is -1.94. The van der Waals surface area contributed by atoms with Crippen molar-refractivity contribution in [1.29, 1.82) is 0 Å². The third-order valence-electron chi connectivity index (χ3n) is 4.71. The lowest BCUT2D eigenvalue weighted by Gasteiger charge is -2.11. The standard InChI is InChI=1S/C23H24/c1-4-18(5-2)14-23-16-21(11-10-17(23)3)22-13-12-19-8-6-7-9-20(19)15-22/h4,6-13,15-16H,5,14H2,1-3H3/b18-4+. The molecule has 0 aliphatic rings. The predicted octanol–water partition coefficient (Wildman–Crippen LogP) is 6.71. The average molecular weight is 300 g/mol. The van der Waals surface area contributed by atoms with Crippen LogP contribution in [0.4, 0.5) is 0 Å². The molecule has 0 heteroatoms. The molecule has 3 aromatic rings. The molecule has 0 saturated heterocycles. The van der Waals surface area contributed by atoms with E-state index >= 15 is 0 Å². The van der Waals surface area contributed by atoms with E-state index in [0.29, 0.717) is 0 Å². The van der Waals surface area contributed by atoms with Crippen molar-refractivity contribution in [1.82, 2.24) is 0 Å². The van der Waals surface area contributed by atoms with Crippen LogP contribution in [-0.2, 0) is 6.42 Å². The van der Waals surface area contributed by atoms with E-state index in [1.807, 2.05) is 0 Å². The third kappa shape index (κ3) is 3.37. The molecule has 0 amide bonds. The van der Waals surface area contributed by atoms with E-state index in [1.54, 1.807) is 0 Å². The number of allylic oxidation sites excluding steroid dienone is 2. The van der Waals surface area contributed by atoms with Crippen molar-refractivity contribution in [3.05, 3.63) is 83.4 Å². The first-order valence-electron chi connectivity index (χ1n) is 8.44. The van der Waals surface area contributed by atoms with Crippen LogP contribution in [-0.4, -0.2) is 0 Å². The third-order valence-corrected chi connectivity index (χ3v) is 4.71. The molecule has 0 unspecified atom stereocenters. The van der Waals surface area contributed by atoms with Crippen LogP contribution in [0.2, 0.25) is 0 Å². The molecule has 0 atom stereocenters. The van der Waals surface area contributed by atoms with Gasteiger partial charge < -0.3 is 0 Å². The highest BCUT2D eigenvalue weighted by Gasteiger charge is 2.05. The van der Waals surface area contributed by atoms with Gasteiger partial charge in [-0.3, -0.25) is 0 Å². The second-order valence-corrected chi connectivity index (χ2v) is 6.18. The molecule has 23 heavy (non-hydrogen) atoms. The van der Waals surface area contributed by atoms with Gasteiger partial charge in [-0.15, -0.1) is 0 Å². The highest BCUT2D eigenvalue weighted by Crippen LogP contribution is 2.27. The first-order chi connectivity index (χ1) is 11.2. The quantitative estimate of drug-likeness (QED) is 0.469. The van der Waals surface area contributed by atoms with Crippen LogP contribution in [0.3, 0.4) is 0 Å². The Morgan fingerprint density at radius 2 is 1.57 bits per heavy atom. The summed E-state index contributed by atoms with van der Waals surface area (Å²) in [5.74, 6) is 0. The summed E-state index contributed by atoms with van der Waals surface area (Å²) >= 11 is 0. The maximum Gasteiger partial charge on any atom is -0.00645 e. The summed E-state index contributed by atoms with van der Waals surface area (Å²) in [7, 11) is 0. The second kappa shape index (κ2) is 6.83. The minimum Gasteiger partial charge on any atom is -0.0881 e. The van der Waals surface area contributed by atoms with E-state index in [4.69, 9.17) is 0 Å². The van der Waals surface area contributed by atoms with Crippen LogP contribution in [0, 0.1) is 6.92 Å². The van der Waals surface area contributed by atoms with Gasteiger partial charge in [-0.2, -0.15) is 0 Å². The van der Waals surface area contributed by atoms with Crippen molar-refractivity contribution in [2.75, 3.05) is 0 Å². The molecule has 0 aliphatic carbocycles. The van der Waals surface area contributed by atoms with Gasteiger partial charge in [0.25, 0.3) is 0 Å². The van der Waals surface area contributed by atoms with Gasteiger partial charge in [0.05, 0.1) is 0 Å². The normalized spacial score (nSPS) is 11.9. The average Bonchev–Trinajstić information content (AvgIpc) is 2.60. The van der Waals surface area contributed by atoms with Crippen molar-refractivity contribution in [2.24, 2.45) is 0 Å². The van der Waals surface area contributed by atoms with E-state index in [0.717, 1.165) is 12.8 Å². The molecule has 0 spiro atoms. The summed E-state index contributed by atoms with van der Waals surface area (Å²) in [6.07, 6.45) is 4.43. The summed E-state index contributed by atoms with van der Waals surface area (Å²) in [6, 6.07) is 22.1. The Bertz CT molecular complexity index is 853. The first-order valence-corrected chi connectivity index (χ1v) is 8.44. The number of rotatable bonds is 4. The van der Waals surface area contributed by atoms with E-state index in [9.17, 15) is 0 Å². The molecule has 0 heterocycles. The molecule has 0 aliphatic heterocycles. The molecule has 0 nitrogen and oxygen atoms in total. The highest BCUT2D eigenvalue weighted by atomic mass is 14.1. The van der Waals surface area contributed by atoms with Crippen molar-refractivity contribution < 1.29 is 0 Å². The molecule has 0 radical (unpaired) electrons. The number of hydrogen-bond donors (Lipinski definition) is 0. The Balaban J connectivity index is 2.01. The molecule has 0 fully saturated rings. The minimum absolute atomic E-state index is 1.06. The topological polar surface area (TPSA) is 0 Å². The smallest absolute Gasteiger partial charge is 0.00645 e. The van der Waals surface area contributed by atoms with Gasteiger partial charge >= 0.3 is 0 Å². The summed E-state index contributed by atoms with van der Waals surface area (Å²) < 4.78 is 0. The molecule has 3 aromatic carbocycles. The van der Waals surface area contributed by atoms with E-state index in [1.165, 1.54) is 38.6 Å². The molecule has 116 valence electrons. The molecule has 0 saturated carbocycles. The zero-order valence-electron chi connectivity index (χ0n) is 14.3. The fraction of sp³-hybridized carbons (Fsp3) is 0.217. The number of benzene rings is 3. The van der Waals surface area contributed by atoms with Gasteiger partial charge in [-0.1, -0.05) is 73.2 Å². The van der Waals surface area contributed by atoms with Crippen LogP contribution in [0.5, 0.6) is 0 Å². The number of hydrogen-bond acceptors (Lipinski definition) is 0. The fourth-order valence-electron chi connectivity index (χ4n) is 3.09. The molecule has 0 N–H and O–H groups in total. The summed E-state index contributed by atoms with van der Waals surface area (Å²) in [5.41, 5.74) is 6.92. The molecule has 0 bridgehead atoms. The largest absolute Gasteiger partial charge is 0.0881 e. The van der Waals surface area contributed by atoms with Crippen LogP contribution in [0.25, 0.3) is 21.9 Å². The van der Waals surface area contributed by atoms with Crippen molar-refractivity contribution in [2.45, 2.75) is 33.6 Å². The first kappa shape index (κ1) is 15.6. The SMILES string of the molecule is C/C=C(\CC)Cc1cc(-c2ccc3ccccc3c2)ccc1C. The fourth-order valence-corrected chi connectivity index (χ4v) is 3.09. The van der Waals surface area contributed by atoms with Gasteiger partial charge in [0.2, 0.25) is 0 Å². The van der Waals surface area contributed by atoms with E-state index in [2.05, 4.69) is 87.5 Å². The minimum atomic E-state index is 1.06. The van der Waals surface area contributed by atoms with Gasteiger partial charge in [0.15, 0.2) is 0 Å². The van der Waals surface area contributed by atoms with Gasteiger partial charge in [0, 0.05) is 0 Å². The van der Waals surface area contributed by atoms with E-state index < -0.39 is 0 Å². The van der Waals surface area contributed by atoms with Gasteiger partial charge in [-0.05, 0) is 65.8 Å². The van der Waals surface area contributed by atoms with E-state index in [-0.39, 0.29) is 0 Å². The van der Waals surface area contributed by atoms with Crippen molar-refractivity contribution in [3.63, 3.8) is 0 Å². The number of fused-ring (bicyclic) bond motifs is 1. The molecule has 0 aromatic heterocycles. The Morgan fingerprint density at radius 3 is 2.30 bits per heavy atom. The van der Waals surface area contributed by atoms with Crippen LogP contribution >= 0.6 is 0 Å². The maximum absolute atomic E-state index is 2.36. The van der Waals surface area contributed by atoms with Crippen LogP contribution in [0.1, 0.15) is 31.4 Å². The zero-order chi connectivity index (χ0) is 16.2. The highest BCUT2D eigenvalue weighted by molar-refractivity contribution is 5.87. The summed E-state index contributed by atoms with van der Waals surface area (Å²) in [5, 5.41) is 2.60. The predicted molar refractivity (Wildman–Crippen MR) is 102 cm³/mol. The zero-order valence-corrected chi connectivity index (χ0v) is 14.3. The Hall–Kier alpha value is -2.34. The summed E-state index contributed by atoms with van der Waals surface area (Å²) in [6.45, 7) is 6.58. The van der Waals surface area contributed by atoms with Crippen LogP contribution < -0.4 is 0 Å². The monoisotopic (exact) mass is 300 g/mol. The second-order valence-electron chi connectivity index (χ2n) is 6.18. The molecule has 3 rings (SSSR count). The molecular formula is C23H24. The van der Waals surface area contributed by atoms with Crippen molar-refractivity contribution in [3.8, 4) is 11.1 Å². The number of aryl methyl sites for hydroxylation is 1. The Kier molecular flexibility index (Phi) is 4.62. The Morgan fingerprint density at radius 1 is 0.870 bits per heavy atom. The lowest BCUT2D eigenvalue weighted by atomic mass is 9.94. The lowest BCUT2D eigenvalue weighted by molar-refractivity contribution is 0.990. The van der Waals surface area contributed by atoms with Gasteiger partial charge in [0.1, 0.15) is 0 Å². The molecular weight excluding hydrogens is 276 g/mol. The van der Waals surface area contributed by atoms with Crippen LogP contribution in [0.15, 0.2) is 72.3 Å². The van der Waals surface area contributed by atoms with Gasteiger partial charge in [-0.25, -0.2) is 0 Å². The maximum atomic E-state index is 2.36. The summed E-state index contributed by atoms with van der Waals surface area (Å²) in [4.78, 5) is 0.